The van der Waals surface area contributed by atoms with E-state index in [1.807, 2.05) is 0 Å². The van der Waals surface area contributed by atoms with Gasteiger partial charge in [-0.15, -0.1) is 0 Å². The molecule has 0 atom stereocenters. The van der Waals surface area contributed by atoms with E-state index >= 15 is 0 Å². The second-order valence-electron chi connectivity index (χ2n) is 11.9. The molecule has 21 heteroatoms. The van der Waals surface area contributed by atoms with Gasteiger partial charge in [-0.05, 0) is 31.8 Å². The summed E-state index contributed by atoms with van der Waals surface area (Å²) in [6.45, 7) is 16.4. The summed E-state index contributed by atoms with van der Waals surface area (Å²) in [6.07, 6.45) is -0.470. The van der Waals surface area contributed by atoms with Crippen LogP contribution in [0, 0.1) is 5.92 Å². The van der Waals surface area contributed by atoms with Crippen molar-refractivity contribution in [3.8, 4) is 0 Å². The molecule has 0 heterocycles. The number of carbonyl (C=O) groups excluding carboxylic acids is 1. The molecule has 0 unspecified atom stereocenters. The van der Waals surface area contributed by atoms with Crippen LogP contribution in [0.3, 0.4) is 0 Å². The summed E-state index contributed by atoms with van der Waals surface area (Å²) >= 11 is 0. The molecule has 0 rings (SSSR count). The Morgan fingerprint density at radius 1 is 0.481 bits per heavy atom. The molecule has 0 spiro atoms. The Bertz CT molecular complexity index is 882. The van der Waals surface area contributed by atoms with Crippen molar-refractivity contribution >= 4 is 6.09 Å². The zero-order chi connectivity index (χ0) is 39.5. The molecule has 0 saturated heterocycles. The predicted molar refractivity (Wildman–Crippen MR) is 196 cm³/mol. The van der Waals surface area contributed by atoms with Crippen LogP contribution in [0.25, 0.3) is 20.9 Å². The summed E-state index contributed by atoms with van der Waals surface area (Å²) in [4.78, 5) is 16.9. The van der Waals surface area contributed by atoms with Gasteiger partial charge in [0.2, 0.25) is 0 Å². The van der Waals surface area contributed by atoms with Gasteiger partial charge in [0.1, 0.15) is 5.60 Å². The van der Waals surface area contributed by atoms with Crippen molar-refractivity contribution in [2.45, 2.75) is 26.4 Å². The minimum Gasteiger partial charge on any atom is -0.444 e. The Balaban J connectivity index is 4.00. The fourth-order valence-corrected chi connectivity index (χ4v) is 3.71. The van der Waals surface area contributed by atoms with Crippen molar-refractivity contribution in [1.29, 1.82) is 0 Å². The number of alkyl carbamates (subject to hydrolysis) is 1. The fourth-order valence-electron chi connectivity index (χ4n) is 3.71. The molecule has 21 nitrogen and oxygen atoms in total. The van der Waals surface area contributed by atoms with Crippen LogP contribution in [0.5, 0.6) is 0 Å². The summed E-state index contributed by atoms with van der Waals surface area (Å²) in [5.41, 5.74) is 15.9. The summed E-state index contributed by atoms with van der Waals surface area (Å²) in [5.74, 6) is -0.00274. The Morgan fingerprint density at radius 3 is 1.06 bits per heavy atom. The minimum absolute atomic E-state index is 0.00274. The van der Waals surface area contributed by atoms with E-state index in [1.165, 1.54) is 0 Å². The first-order valence-corrected chi connectivity index (χ1v) is 18.3. The highest BCUT2D eigenvalue weighted by Gasteiger charge is 2.15. The van der Waals surface area contributed by atoms with Crippen molar-refractivity contribution in [2.24, 2.45) is 16.1 Å². The SMILES string of the molecule is CC(C)(C)OC(=O)NCCOCCOCCOCCOCC(COCCOCCOCCOCCN=[N+]=[N-])COCCOCCOCCOCCN=[N+]=[N-]. The third-order valence-electron chi connectivity index (χ3n) is 6.12. The Kier molecular flexibility index (Phi) is 39.6. The molecule has 316 valence electrons. The number of hydrogen-bond acceptors (Lipinski definition) is 16. The number of azide groups is 2. The largest absolute Gasteiger partial charge is 0.444 e. The van der Waals surface area contributed by atoms with Crippen molar-refractivity contribution < 1.29 is 66.4 Å². The number of ether oxygens (including phenoxy) is 13. The van der Waals surface area contributed by atoms with Gasteiger partial charge in [-0.25, -0.2) is 4.79 Å². The number of carbonyl (C=O) groups is 1. The lowest BCUT2D eigenvalue weighted by Crippen LogP contribution is -2.34. The van der Waals surface area contributed by atoms with Gasteiger partial charge in [0, 0.05) is 35.4 Å². The van der Waals surface area contributed by atoms with Crippen LogP contribution < -0.4 is 5.32 Å². The van der Waals surface area contributed by atoms with Crippen LogP contribution >= 0.6 is 0 Å². The van der Waals surface area contributed by atoms with Gasteiger partial charge in [-0.3, -0.25) is 0 Å². The van der Waals surface area contributed by atoms with E-state index in [1.54, 1.807) is 20.8 Å². The third kappa shape index (κ3) is 43.8. The van der Waals surface area contributed by atoms with Crippen molar-refractivity contribution in [3.05, 3.63) is 20.9 Å². The average molecular weight is 784 g/mol. The molecule has 0 fully saturated rings. The molecule has 0 bridgehead atoms. The molecular weight excluding hydrogens is 718 g/mol. The Hall–Kier alpha value is -2.59. The van der Waals surface area contributed by atoms with E-state index in [2.05, 4.69) is 25.4 Å². The first-order valence-electron chi connectivity index (χ1n) is 18.3. The molecule has 0 aliphatic heterocycles. The molecule has 1 amide bonds. The molecule has 0 saturated carbocycles. The molecule has 1 N–H and O–H groups in total. The smallest absolute Gasteiger partial charge is 0.407 e. The van der Waals surface area contributed by atoms with E-state index in [0.29, 0.717) is 178 Å². The van der Waals surface area contributed by atoms with Crippen LogP contribution in [0.4, 0.5) is 4.79 Å². The molecular formula is C33H65N7O14. The maximum atomic E-state index is 11.6. The van der Waals surface area contributed by atoms with Crippen LogP contribution in [0.2, 0.25) is 0 Å². The second kappa shape index (κ2) is 41.6. The van der Waals surface area contributed by atoms with Gasteiger partial charge in [0.15, 0.2) is 0 Å². The molecule has 0 aliphatic carbocycles. The minimum atomic E-state index is -0.535. The topological polar surface area (TPSA) is 247 Å². The first kappa shape index (κ1) is 51.4. The summed E-state index contributed by atoms with van der Waals surface area (Å²) in [5, 5.41) is 9.41. The van der Waals surface area contributed by atoms with Crippen LogP contribution in [-0.4, -0.2) is 190 Å². The summed E-state index contributed by atoms with van der Waals surface area (Å²) < 4.78 is 71.6. The quantitative estimate of drug-likeness (QED) is 0.0405. The van der Waals surface area contributed by atoms with Crippen molar-refractivity contribution in [1.82, 2.24) is 5.32 Å². The Labute approximate surface area is 319 Å². The average Bonchev–Trinajstić information content (AvgIpc) is 3.14. The van der Waals surface area contributed by atoms with Crippen LogP contribution in [-0.2, 0) is 61.6 Å². The number of nitrogens with one attached hydrogen (secondary N) is 1. The standard InChI is InChI=1S/C33H65N7O14/c1-33(2,3)54-32(41)36-4-7-42-10-13-45-16-19-48-22-25-51-28-31(29-52-26-23-49-20-17-46-14-11-43-8-5-37-39-34)30-53-27-24-50-21-18-47-15-12-44-9-6-38-40-35/h31H,4-30H2,1-3H3,(H,36,41). The third-order valence-corrected chi connectivity index (χ3v) is 6.12. The maximum Gasteiger partial charge on any atom is 0.407 e. The van der Waals surface area contributed by atoms with Crippen molar-refractivity contribution in [2.75, 3.05) is 178 Å². The van der Waals surface area contributed by atoms with E-state index in [0.717, 1.165) is 0 Å². The van der Waals surface area contributed by atoms with E-state index in [4.69, 9.17) is 72.6 Å². The predicted octanol–water partition coefficient (Wildman–Crippen LogP) is 2.95. The molecule has 54 heavy (non-hydrogen) atoms. The highest BCUT2D eigenvalue weighted by molar-refractivity contribution is 5.67. The molecule has 0 aromatic heterocycles. The van der Waals surface area contributed by atoms with Crippen LogP contribution in [0.1, 0.15) is 20.8 Å². The van der Waals surface area contributed by atoms with Gasteiger partial charge < -0.3 is 66.9 Å². The zero-order valence-corrected chi connectivity index (χ0v) is 32.6. The molecule has 0 radical (unpaired) electrons. The lowest BCUT2D eigenvalue weighted by molar-refractivity contribution is -0.0465. The van der Waals surface area contributed by atoms with Gasteiger partial charge in [0.05, 0.1) is 159 Å². The number of nitrogens with zero attached hydrogens (tertiary/aromatic N) is 6. The molecule has 0 aromatic rings. The Morgan fingerprint density at radius 2 is 0.759 bits per heavy atom. The van der Waals surface area contributed by atoms with Gasteiger partial charge in [-0.2, -0.15) is 0 Å². The normalized spacial score (nSPS) is 11.9. The summed E-state index contributed by atoms with van der Waals surface area (Å²) in [7, 11) is 0. The zero-order valence-electron chi connectivity index (χ0n) is 32.6. The summed E-state index contributed by atoms with van der Waals surface area (Å²) in [6, 6.07) is 0. The number of rotatable bonds is 42. The van der Waals surface area contributed by atoms with Gasteiger partial charge in [0.25, 0.3) is 0 Å². The number of hydrogen-bond donors (Lipinski definition) is 1. The first-order chi connectivity index (χ1) is 26.4. The lowest BCUT2D eigenvalue weighted by atomic mass is 10.2. The van der Waals surface area contributed by atoms with Crippen LogP contribution in [0.15, 0.2) is 10.2 Å². The van der Waals surface area contributed by atoms with Gasteiger partial charge in [-0.1, -0.05) is 10.2 Å². The monoisotopic (exact) mass is 783 g/mol. The molecule has 0 aromatic carbocycles. The highest BCUT2D eigenvalue weighted by atomic mass is 16.6. The van der Waals surface area contributed by atoms with E-state index in [-0.39, 0.29) is 5.92 Å². The van der Waals surface area contributed by atoms with Crippen molar-refractivity contribution in [3.63, 3.8) is 0 Å². The van der Waals surface area contributed by atoms with Gasteiger partial charge >= 0.3 is 6.09 Å². The highest BCUT2D eigenvalue weighted by Crippen LogP contribution is 2.06. The maximum absolute atomic E-state index is 11.6. The fraction of sp³-hybridized carbons (Fsp3) is 0.970. The van der Waals surface area contributed by atoms with E-state index < -0.39 is 11.7 Å². The second-order valence-corrected chi connectivity index (χ2v) is 11.9. The van der Waals surface area contributed by atoms with E-state index in [9.17, 15) is 4.79 Å². The lowest BCUT2D eigenvalue weighted by Gasteiger charge is -2.19. The number of amides is 1. The molecule has 0 aliphatic rings.